The van der Waals surface area contributed by atoms with E-state index in [0.717, 1.165) is 36.0 Å². The minimum absolute atomic E-state index is 0.725. The lowest BCUT2D eigenvalue weighted by Gasteiger charge is -2.14. The monoisotopic (exact) mass is 480 g/mol. The van der Waals surface area contributed by atoms with E-state index < -0.39 is 0 Å². The molecule has 3 heteroatoms. The molecule has 0 aliphatic rings. The van der Waals surface area contributed by atoms with E-state index in [1.165, 1.54) is 32.7 Å². The summed E-state index contributed by atoms with van der Waals surface area (Å²) < 4.78 is 6.24. The Bertz CT molecular complexity index is 1660. The number of ether oxygens (including phenoxy) is 1. The largest absolute Gasteiger partial charge is 0.455 e. The minimum Gasteiger partial charge on any atom is -0.455 e. The third-order valence-corrected chi connectivity index (χ3v) is 6.58. The summed E-state index contributed by atoms with van der Waals surface area (Å²) in [6, 6.07) is 46.2. The van der Waals surface area contributed by atoms with Crippen molar-refractivity contribution >= 4 is 32.9 Å². The summed E-state index contributed by atoms with van der Waals surface area (Å²) in [4.78, 5) is 0. The van der Waals surface area contributed by atoms with Crippen molar-refractivity contribution in [3.05, 3.63) is 145 Å². The van der Waals surface area contributed by atoms with Gasteiger partial charge in [-0.15, -0.1) is 0 Å². The van der Waals surface area contributed by atoms with Gasteiger partial charge in [-0.05, 0) is 81.2 Å². The molecule has 0 amide bonds. The third-order valence-electron chi connectivity index (χ3n) is 6.58. The van der Waals surface area contributed by atoms with Gasteiger partial charge in [-0.3, -0.25) is 0 Å². The Balaban J connectivity index is 1.09. The molecule has 0 aliphatic carbocycles. The van der Waals surface area contributed by atoms with E-state index in [0.29, 0.717) is 0 Å². The molecule has 0 aliphatic heterocycles. The molecule has 0 heterocycles. The van der Waals surface area contributed by atoms with Crippen molar-refractivity contribution in [3.8, 4) is 11.5 Å². The molecule has 0 radical (unpaired) electrons. The average Bonchev–Trinajstić information content (AvgIpc) is 2.96. The summed E-state index contributed by atoms with van der Waals surface area (Å²) in [5.41, 5.74) is 4.51. The quantitative estimate of drug-likeness (QED) is 0.228. The topological polar surface area (TPSA) is 33.3 Å². The molecule has 180 valence electrons. The Morgan fingerprint density at radius 3 is 1.65 bits per heavy atom. The van der Waals surface area contributed by atoms with E-state index in [2.05, 4.69) is 114 Å². The Morgan fingerprint density at radius 2 is 1.00 bits per heavy atom. The van der Waals surface area contributed by atoms with Gasteiger partial charge in [0.05, 0.1) is 5.69 Å². The Labute approximate surface area is 217 Å². The van der Waals surface area contributed by atoms with Crippen molar-refractivity contribution in [2.24, 2.45) is 0 Å². The molecular formula is C34H28N2O. The fourth-order valence-electron chi connectivity index (χ4n) is 4.57. The molecule has 2 N–H and O–H groups in total. The molecule has 0 fully saturated rings. The van der Waals surface area contributed by atoms with E-state index in [1.54, 1.807) is 0 Å². The molecule has 0 atom stereocenters. The molecule has 37 heavy (non-hydrogen) atoms. The molecule has 0 unspecified atom stereocenters. The van der Waals surface area contributed by atoms with Crippen LogP contribution in [0, 0.1) is 0 Å². The van der Waals surface area contributed by atoms with Crippen LogP contribution in [0.1, 0.15) is 11.1 Å². The van der Waals surface area contributed by atoms with Crippen LogP contribution in [0.2, 0.25) is 0 Å². The van der Waals surface area contributed by atoms with Gasteiger partial charge < -0.3 is 15.4 Å². The predicted molar refractivity (Wildman–Crippen MR) is 156 cm³/mol. The van der Waals surface area contributed by atoms with E-state index in [1.807, 2.05) is 30.3 Å². The number of rotatable bonds is 8. The average molecular weight is 481 g/mol. The number of nitrogens with one attached hydrogen (secondary N) is 2. The van der Waals surface area contributed by atoms with Crippen LogP contribution in [0.3, 0.4) is 0 Å². The van der Waals surface area contributed by atoms with E-state index in [9.17, 15) is 0 Å². The lowest BCUT2D eigenvalue weighted by Crippen LogP contribution is -2.01. The second-order valence-corrected chi connectivity index (χ2v) is 9.19. The predicted octanol–water partition coefficient (Wildman–Crippen LogP) is 9.01. The normalized spacial score (nSPS) is 10.9. The first-order valence-corrected chi connectivity index (χ1v) is 12.6. The van der Waals surface area contributed by atoms with Gasteiger partial charge in [0.25, 0.3) is 0 Å². The molecule has 0 saturated carbocycles. The van der Waals surface area contributed by atoms with Crippen molar-refractivity contribution in [1.29, 1.82) is 0 Å². The van der Waals surface area contributed by atoms with E-state index in [4.69, 9.17) is 4.74 Å². The number of benzene rings is 6. The highest BCUT2D eigenvalue weighted by atomic mass is 16.5. The first-order valence-electron chi connectivity index (χ1n) is 12.6. The molecule has 0 bridgehead atoms. The zero-order valence-corrected chi connectivity index (χ0v) is 20.5. The summed E-state index contributed by atoms with van der Waals surface area (Å²) in [6.45, 7) is 1.50. The molecule has 0 saturated heterocycles. The summed E-state index contributed by atoms with van der Waals surface area (Å²) in [5, 5.41) is 12.1. The molecule has 0 aromatic heterocycles. The van der Waals surface area contributed by atoms with Crippen molar-refractivity contribution < 1.29 is 4.74 Å². The lowest BCUT2D eigenvalue weighted by atomic mass is 10.1. The molecule has 6 aromatic carbocycles. The van der Waals surface area contributed by atoms with Crippen LogP contribution in [-0.4, -0.2) is 0 Å². The van der Waals surface area contributed by atoms with Gasteiger partial charge in [0.2, 0.25) is 0 Å². The maximum atomic E-state index is 6.24. The van der Waals surface area contributed by atoms with Crippen molar-refractivity contribution in [1.82, 2.24) is 0 Å². The van der Waals surface area contributed by atoms with Crippen LogP contribution >= 0.6 is 0 Å². The number of hydrogen-bond donors (Lipinski definition) is 2. The van der Waals surface area contributed by atoms with Crippen LogP contribution in [-0.2, 0) is 13.1 Å². The van der Waals surface area contributed by atoms with Gasteiger partial charge in [0, 0.05) is 18.8 Å². The third kappa shape index (κ3) is 5.41. The maximum absolute atomic E-state index is 6.24. The fraction of sp³-hybridized carbons (Fsp3) is 0.0588. The molecule has 3 nitrogen and oxygen atoms in total. The number of fused-ring (bicyclic) bond motifs is 2. The standard InChI is InChI=1S/C34H28N2O/c1-3-9-29-21-25(13-15-27(29)7-1)23-35-31-17-19-32(20-18-31)37-34-12-6-5-11-33(34)36-24-26-14-16-28-8-2-4-10-30(28)22-26/h1-22,35-36H,23-24H2. The van der Waals surface area contributed by atoms with Gasteiger partial charge >= 0.3 is 0 Å². The highest BCUT2D eigenvalue weighted by Gasteiger charge is 2.06. The number of hydrogen-bond acceptors (Lipinski definition) is 3. The van der Waals surface area contributed by atoms with Crippen LogP contribution in [0.25, 0.3) is 21.5 Å². The fourth-order valence-corrected chi connectivity index (χ4v) is 4.57. The minimum atomic E-state index is 0.725. The van der Waals surface area contributed by atoms with Crippen LogP contribution in [0.4, 0.5) is 11.4 Å². The molecular weight excluding hydrogens is 452 g/mol. The van der Waals surface area contributed by atoms with Gasteiger partial charge in [-0.2, -0.15) is 0 Å². The first kappa shape index (κ1) is 22.7. The van der Waals surface area contributed by atoms with Gasteiger partial charge in [0.1, 0.15) is 5.75 Å². The summed E-state index contributed by atoms with van der Waals surface area (Å²) in [5.74, 6) is 1.61. The first-order chi connectivity index (χ1) is 18.3. The van der Waals surface area contributed by atoms with Gasteiger partial charge in [-0.1, -0.05) is 84.9 Å². The highest BCUT2D eigenvalue weighted by molar-refractivity contribution is 5.83. The smallest absolute Gasteiger partial charge is 0.150 e. The SMILES string of the molecule is c1ccc(Oc2ccc(NCc3ccc4ccccc4c3)cc2)c(NCc2ccc3ccccc3c2)c1. The summed E-state index contributed by atoms with van der Waals surface area (Å²) in [6.07, 6.45) is 0. The lowest BCUT2D eigenvalue weighted by molar-refractivity contribution is 0.484. The molecule has 6 rings (SSSR count). The highest BCUT2D eigenvalue weighted by Crippen LogP contribution is 2.30. The van der Waals surface area contributed by atoms with Crippen LogP contribution in [0.5, 0.6) is 11.5 Å². The van der Waals surface area contributed by atoms with Gasteiger partial charge in [-0.25, -0.2) is 0 Å². The van der Waals surface area contributed by atoms with Crippen molar-refractivity contribution in [3.63, 3.8) is 0 Å². The maximum Gasteiger partial charge on any atom is 0.150 e. The molecule has 6 aromatic rings. The Morgan fingerprint density at radius 1 is 0.459 bits per heavy atom. The Hall–Kier alpha value is -4.76. The van der Waals surface area contributed by atoms with Gasteiger partial charge in [0.15, 0.2) is 5.75 Å². The zero-order chi connectivity index (χ0) is 24.9. The van der Waals surface area contributed by atoms with Crippen molar-refractivity contribution in [2.75, 3.05) is 10.6 Å². The van der Waals surface area contributed by atoms with Crippen LogP contribution in [0.15, 0.2) is 133 Å². The van der Waals surface area contributed by atoms with E-state index in [-0.39, 0.29) is 0 Å². The summed E-state index contributed by atoms with van der Waals surface area (Å²) >= 11 is 0. The van der Waals surface area contributed by atoms with E-state index >= 15 is 0 Å². The second-order valence-electron chi connectivity index (χ2n) is 9.19. The zero-order valence-electron chi connectivity index (χ0n) is 20.5. The van der Waals surface area contributed by atoms with Crippen LogP contribution < -0.4 is 15.4 Å². The number of para-hydroxylation sites is 2. The second kappa shape index (κ2) is 10.5. The Kier molecular flexibility index (Phi) is 6.42. The summed E-state index contributed by atoms with van der Waals surface area (Å²) in [7, 11) is 0. The number of anilines is 2. The molecule has 0 spiro atoms. The van der Waals surface area contributed by atoms with Crippen molar-refractivity contribution in [2.45, 2.75) is 13.1 Å².